The third-order valence-corrected chi connectivity index (χ3v) is 5.26. The molecule has 1 rings (SSSR count). The topological polar surface area (TPSA) is 121 Å². The van der Waals surface area contributed by atoms with E-state index in [0.717, 1.165) is 10.4 Å². The molecule has 0 aliphatic carbocycles. The zero-order valence-electron chi connectivity index (χ0n) is 11.1. The van der Waals surface area contributed by atoms with Crippen molar-refractivity contribution in [3.05, 3.63) is 16.5 Å². The van der Waals surface area contributed by atoms with E-state index in [2.05, 4.69) is 15.9 Å². The SMILES string of the molecule is COCCN(CCC#N)S(=O)(=O)c1cc(C(=O)O)oc1Br. The van der Waals surface area contributed by atoms with E-state index in [1.807, 2.05) is 6.07 Å². The van der Waals surface area contributed by atoms with E-state index >= 15 is 0 Å². The van der Waals surface area contributed by atoms with Gasteiger partial charge in [-0.3, -0.25) is 0 Å². The van der Waals surface area contributed by atoms with E-state index in [0.29, 0.717) is 0 Å². The fourth-order valence-electron chi connectivity index (χ4n) is 1.49. The maximum atomic E-state index is 12.5. The van der Waals surface area contributed by atoms with Crippen LogP contribution < -0.4 is 0 Å². The minimum absolute atomic E-state index is 0.00417. The van der Waals surface area contributed by atoms with Crippen molar-refractivity contribution in [1.29, 1.82) is 5.26 Å². The smallest absolute Gasteiger partial charge is 0.371 e. The van der Waals surface area contributed by atoms with E-state index in [4.69, 9.17) is 19.5 Å². The van der Waals surface area contributed by atoms with Crippen molar-refractivity contribution in [1.82, 2.24) is 4.31 Å². The summed E-state index contributed by atoms with van der Waals surface area (Å²) >= 11 is 2.89. The largest absolute Gasteiger partial charge is 0.475 e. The Morgan fingerprint density at radius 1 is 1.57 bits per heavy atom. The summed E-state index contributed by atoms with van der Waals surface area (Å²) in [6, 6.07) is 2.78. The number of hydrogen-bond acceptors (Lipinski definition) is 6. The van der Waals surface area contributed by atoms with Gasteiger partial charge in [0.25, 0.3) is 0 Å². The predicted molar refractivity (Wildman–Crippen MR) is 74.2 cm³/mol. The second-order valence-corrected chi connectivity index (χ2v) is 6.49. The van der Waals surface area contributed by atoms with Crippen LogP contribution in [0.1, 0.15) is 17.0 Å². The van der Waals surface area contributed by atoms with Crippen LogP contribution in [0.25, 0.3) is 0 Å². The molecule has 0 aromatic carbocycles. The summed E-state index contributed by atoms with van der Waals surface area (Å²) in [6.45, 7) is 0.161. The second-order valence-electron chi connectivity index (χ2n) is 3.86. The Morgan fingerprint density at radius 2 is 2.24 bits per heavy atom. The van der Waals surface area contributed by atoms with Gasteiger partial charge in [-0.15, -0.1) is 0 Å². The number of carbonyl (C=O) groups is 1. The van der Waals surface area contributed by atoms with Crippen LogP contribution in [-0.4, -0.2) is 50.6 Å². The Bertz CT molecular complexity index is 648. The number of aromatic carboxylic acids is 1. The number of methoxy groups -OCH3 is 1. The molecule has 0 atom stereocenters. The minimum atomic E-state index is -3.99. The summed E-state index contributed by atoms with van der Waals surface area (Å²) in [6.07, 6.45) is 0.00417. The molecule has 10 heteroatoms. The third kappa shape index (κ3) is 4.28. The fourth-order valence-corrected chi connectivity index (χ4v) is 3.82. The summed E-state index contributed by atoms with van der Waals surface area (Å²) in [7, 11) is -2.57. The Hall–Kier alpha value is -1.41. The molecular weight excluding hydrogens is 368 g/mol. The lowest BCUT2D eigenvalue weighted by molar-refractivity contribution is 0.0661. The standard InChI is InChI=1S/C11H13BrN2O6S/c1-19-6-5-14(4-2-3-13)21(17,18)9-7-8(11(15)16)20-10(9)12/h7H,2,4-6H2,1H3,(H,15,16). The molecule has 0 fully saturated rings. The normalized spacial score (nSPS) is 11.5. The summed E-state index contributed by atoms with van der Waals surface area (Å²) < 4.78 is 35.5. The molecule has 1 aromatic rings. The van der Waals surface area contributed by atoms with Crippen LogP contribution in [0.2, 0.25) is 0 Å². The van der Waals surface area contributed by atoms with Crippen LogP contribution in [-0.2, 0) is 14.8 Å². The molecular formula is C11H13BrN2O6S. The van der Waals surface area contributed by atoms with Crippen LogP contribution in [0.3, 0.4) is 0 Å². The molecule has 0 aliphatic rings. The summed E-state index contributed by atoms with van der Waals surface area (Å²) in [4.78, 5) is 10.5. The summed E-state index contributed by atoms with van der Waals surface area (Å²) in [5.41, 5.74) is 0. The number of furan rings is 1. The number of nitriles is 1. The van der Waals surface area contributed by atoms with E-state index in [1.165, 1.54) is 7.11 Å². The quantitative estimate of drug-likeness (QED) is 0.720. The third-order valence-electron chi connectivity index (χ3n) is 2.50. The highest BCUT2D eigenvalue weighted by Gasteiger charge is 2.30. The Labute approximate surface area is 130 Å². The molecule has 1 aromatic heterocycles. The molecule has 0 saturated carbocycles. The van der Waals surface area contributed by atoms with Crippen LogP contribution in [0.15, 0.2) is 20.0 Å². The second kappa shape index (κ2) is 7.56. The monoisotopic (exact) mass is 380 g/mol. The van der Waals surface area contributed by atoms with Crippen molar-refractivity contribution in [2.75, 3.05) is 26.8 Å². The van der Waals surface area contributed by atoms with Gasteiger partial charge >= 0.3 is 5.97 Å². The molecule has 0 bridgehead atoms. The first-order valence-electron chi connectivity index (χ1n) is 5.73. The van der Waals surface area contributed by atoms with Crippen LogP contribution in [0.5, 0.6) is 0 Å². The minimum Gasteiger partial charge on any atom is -0.475 e. The number of carboxylic acid groups (broad SMARTS) is 1. The van der Waals surface area contributed by atoms with Gasteiger partial charge in [0, 0.05) is 32.7 Å². The highest BCUT2D eigenvalue weighted by molar-refractivity contribution is 9.10. The van der Waals surface area contributed by atoms with Crippen LogP contribution in [0, 0.1) is 11.3 Å². The zero-order chi connectivity index (χ0) is 16.0. The van der Waals surface area contributed by atoms with Crippen molar-refractivity contribution in [3.63, 3.8) is 0 Å². The molecule has 1 heterocycles. The number of carboxylic acids is 1. The van der Waals surface area contributed by atoms with Crippen molar-refractivity contribution >= 4 is 31.9 Å². The van der Waals surface area contributed by atoms with Crippen molar-refractivity contribution in [2.45, 2.75) is 11.3 Å². The number of hydrogen-bond donors (Lipinski definition) is 1. The van der Waals surface area contributed by atoms with Crippen molar-refractivity contribution in [3.8, 4) is 6.07 Å². The molecule has 8 nitrogen and oxygen atoms in total. The Balaban J connectivity index is 3.15. The highest BCUT2D eigenvalue weighted by Crippen LogP contribution is 2.28. The Kier molecular flexibility index (Phi) is 6.35. The van der Waals surface area contributed by atoms with Gasteiger partial charge in [-0.2, -0.15) is 9.57 Å². The molecule has 0 amide bonds. The first-order valence-corrected chi connectivity index (χ1v) is 7.96. The van der Waals surface area contributed by atoms with Gasteiger partial charge in [0.15, 0.2) is 4.67 Å². The van der Waals surface area contributed by atoms with Gasteiger partial charge in [0.2, 0.25) is 15.8 Å². The van der Waals surface area contributed by atoms with Crippen LogP contribution >= 0.6 is 15.9 Å². The summed E-state index contributed by atoms with van der Waals surface area (Å²) in [5, 5.41) is 17.4. The van der Waals surface area contributed by atoms with Gasteiger partial charge in [-0.25, -0.2) is 13.2 Å². The molecule has 0 radical (unpaired) electrons. The van der Waals surface area contributed by atoms with Crippen LogP contribution in [0.4, 0.5) is 0 Å². The van der Waals surface area contributed by atoms with Crippen molar-refractivity contribution < 1.29 is 27.5 Å². The Morgan fingerprint density at radius 3 is 2.71 bits per heavy atom. The van der Waals surface area contributed by atoms with E-state index in [9.17, 15) is 13.2 Å². The average Bonchev–Trinajstić information content (AvgIpc) is 2.81. The molecule has 1 N–H and O–H groups in total. The van der Waals surface area contributed by atoms with Gasteiger partial charge in [-0.05, 0) is 15.9 Å². The van der Waals surface area contributed by atoms with Gasteiger partial charge in [0.1, 0.15) is 4.90 Å². The first-order chi connectivity index (χ1) is 9.84. The molecule has 21 heavy (non-hydrogen) atoms. The van der Waals surface area contributed by atoms with Gasteiger partial charge in [-0.1, -0.05) is 0 Å². The molecule has 116 valence electrons. The number of ether oxygens (including phenoxy) is 1. The van der Waals surface area contributed by atoms with E-state index in [1.54, 1.807) is 0 Å². The number of rotatable bonds is 8. The lowest BCUT2D eigenvalue weighted by Crippen LogP contribution is -2.34. The van der Waals surface area contributed by atoms with E-state index in [-0.39, 0.29) is 35.7 Å². The average molecular weight is 381 g/mol. The number of nitrogens with zero attached hydrogens (tertiary/aromatic N) is 2. The molecule has 0 saturated heterocycles. The first kappa shape index (κ1) is 17.6. The number of halogens is 1. The molecule has 0 aliphatic heterocycles. The molecule has 0 spiro atoms. The zero-order valence-corrected chi connectivity index (χ0v) is 13.5. The fraction of sp³-hybridized carbons (Fsp3) is 0.455. The molecule has 0 unspecified atom stereocenters. The lowest BCUT2D eigenvalue weighted by atomic mass is 10.4. The van der Waals surface area contributed by atoms with E-state index < -0.39 is 21.8 Å². The maximum absolute atomic E-state index is 12.5. The van der Waals surface area contributed by atoms with Gasteiger partial charge in [0.05, 0.1) is 12.7 Å². The predicted octanol–water partition coefficient (Wildman–Crippen LogP) is 1.29. The maximum Gasteiger partial charge on any atom is 0.371 e. The van der Waals surface area contributed by atoms with Gasteiger partial charge < -0.3 is 14.3 Å². The summed E-state index contributed by atoms with van der Waals surface area (Å²) in [5.74, 6) is -1.87. The van der Waals surface area contributed by atoms with Crippen molar-refractivity contribution in [2.24, 2.45) is 0 Å². The lowest BCUT2D eigenvalue weighted by Gasteiger charge is -2.19. The highest BCUT2D eigenvalue weighted by atomic mass is 79.9. The number of sulfonamides is 1.